The minimum absolute atomic E-state index is 0.102. The zero-order chi connectivity index (χ0) is 23.3. The summed E-state index contributed by atoms with van der Waals surface area (Å²) in [4.78, 5) is 31.9. The van der Waals surface area contributed by atoms with Gasteiger partial charge in [-0.2, -0.15) is 0 Å². The molecule has 3 aliphatic rings. The Morgan fingerprint density at radius 1 is 1.03 bits per heavy atom. The summed E-state index contributed by atoms with van der Waals surface area (Å²) in [7, 11) is 0. The monoisotopic (exact) mass is 467 g/mol. The van der Waals surface area contributed by atoms with E-state index in [1.165, 1.54) is 51.5 Å². The first kappa shape index (κ1) is 23.5. The highest BCUT2D eigenvalue weighted by atomic mass is 16.1. The van der Waals surface area contributed by atoms with E-state index in [-0.39, 0.29) is 11.8 Å². The van der Waals surface area contributed by atoms with Crippen LogP contribution in [0.15, 0.2) is 6.33 Å². The first-order chi connectivity index (χ1) is 16.7. The number of imidazole rings is 1. The summed E-state index contributed by atoms with van der Waals surface area (Å²) in [5.74, 6) is 2.42. The van der Waals surface area contributed by atoms with Gasteiger partial charge in [0.25, 0.3) is 0 Å². The van der Waals surface area contributed by atoms with Crippen LogP contribution in [0.3, 0.4) is 0 Å². The first-order valence-corrected chi connectivity index (χ1v) is 13.7. The Labute approximate surface area is 203 Å². The number of nitrogens with zero attached hydrogens (tertiary/aromatic N) is 6. The number of likely N-dealkylation sites (tertiary alicyclic amines) is 1. The number of anilines is 1. The molecule has 5 heterocycles. The largest absolute Gasteiger partial charge is 0.356 e. The van der Waals surface area contributed by atoms with Crippen LogP contribution in [0, 0.1) is 5.92 Å². The molecule has 2 saturated heterocycles. The molecule has 5 rings (SSSR count). The van der Waals surface area contributed by atoms with E-state index in [9.17, 15) is 4.79 Å². The smallest absolute Gasteiger partial charge is 0.223 e. The molecular formula is C26H41N7O. The summed E-state index contributed by atoms with van der Waals surface area (Å²) in [6.07, 6.45) is 14.4. The molecule has 1 atom stereocenters. The Morgan fingerprint density at radius 3 is 2.74 bits per heavy atom. The molecule has 0 radical (unpaired) electrons. The maximum Gasteiger partial charge on any atom is 0.223 e. The number of piperidine rings is 2. The van der Waals surface area contributed by atoms with Crippen molar-refractivity contribution in [1.29, 1.82) is 0 Å². The first-order valence-electron chi connectivity index (χ1n) is 13.7. The van der Waals surface area contributed by atoms with Gasteiger partial charge in [0.2, 0.25) is 5.91 Å². The van der Waals surface area contributed by atoms with Crippen LogP contribution < -0.4 is 10.2 Å². The normalized spacial score (nSPS) is 22.5. The van der Waals surface area contributed by atoms with Crippen LogP contribution in [0.4, 0.5) is 5.82 Å². The van der Waals surface area contributed by atoms with Crippen molar-refractivity contribution in [3.8, 4) is 0 Å². The average Bonchev–Trinajstić information content (AvgIpc) is 3.07. The molecule has 2 aromatic rings. The second-order valence-electron chi connectivity index (χ2n) is 10.4. The Morgan fingerprint density at radius 2 is 1.88 bits per heavy atom. The minimum Gasteiger partial charge on any atom is -0.356 e. The predicted octanol–water partition coefficient (Wildman–Crippen LogP) is 3.54. The van der Waals surface area contributed by atoms with E-state index in [0.29, 0.717) is 0 Å². The number of rotatable bonds is 7. The zero-order valence-electron chi connectivity index (χ0n) is 20.8. The molecule has 0 aromatic carbocycles. The second kappa shape index (κ2) is 11.0. The summed E-state index contributed by atoms with van der Waals surface area (Å²) in [6.45, 7) is 8.11. The van der Waals surface area contributed by atoms with Crippen LogP contribution >= 0.6 is 0 Å². The van der Waals surface area contributed by atoms with Crippen molar-refractivity contribution in [2.24, 2.45) is 5.92 Å². The van der Waals surface area contributed by atoms with Gasteiger partial charge in [-0.3, -0.25) is 4.79 Å². The molecule has 0 saturated carbocycles. The molecular weight excluding hydrogens is 426 g/mol. The zero-order valence-corrected chi connectivity index (χ0v) is 20.8. The van der Waals surface area contributed by atoms with Gasteiger partial charge in [0, 0.05) is 51.1 Å². The molecule has 3 aliphatic heterocycles. The molecule has 0 bridgehead atoms. The van der Waals surface area contributed by atoms with Crippen molar-refractivity contribution in [2.45, 2.75) is 90.1 Å². The summed E-state index contributed by atoms with van der Waals surface area (Å²) in [6, 6.07) is 0.743. The molecule has 0 unspecified atom stereocenters. The third-order valence-electron chi connectivity index (χ3n) is 8.18. The van der Waals surface area contributed by atoms with Crippen LogP contribution in [0.2, 0.25) is 0 Å². The van der Waals surface area contributed by atoms with E-state index in [1.54, 1.807) is 6.33 Å². The van der Waals surface area contributed by atoms with Gasteiger partial charge in [0.1, 0.15) is 12.2 Å². The maximum absolute atomic E-state index is 12.8. The van der Waals surface area contributed by atoms with Crippen molar-refractivity contribution < 1.29 is 4.79 Å². The van der Waals surface area contributed by atoms with Crippen molar-refractivity contribution >= 4 is 22.9 Å². The van der Waals surface area contributed by atoms with Crippen LogP contribution in [0.25, 0.3) is 11.2 Å². The lowest BCUT2D eigenvalue weighted by atomic mass is 9.96. The Balaban J connectivity index is 1.12. The van der Waals surface area contributed by atoms with Gasteiger partial charge in [-0.1, -0.05) is 19.8 Å². The number of carbonyl (C=O) groups excluding carboxylic acids is 1. The molecule has 8 nitrogen and oxygen atoms in total. The molecule has 34 heavy (non-hydrogen) atoms. The quantitative estimate of drug-likeness (QED) is 0.628. The highest BCUT2D eigenvalue weighted by Crippen LogP contribution is 2.29. The van der Waals surface area contributed by atoms with Gasteiger partial charge in [-0.25, -0.2) is 15.0 Å². The third-order valence-corrected chi connectivity index (χ3v) is 8.18. The van der Waals surface area contributed by atoms with Crippen LogP contribution in [-0.4, -0.2) is 69.1 Å². The SMILES string of the molecule is CC[C@H]1CCCCN1CCCNC(=O)C1CCN(c2ncnc3c2nc2n3CCCCC2)CC1. The number of aromatic nitrogens is 4. The van der Waals surface area contributed by atoms with Gasteiger partial charge in [-0.15, -0.1) is 0 Å². The molecule has 0 spiro atoms. The second-order valence-corrected chi connectivity index (χ2v) is 10.4. The number of fused-ring (bicyclic) bond motifs is 3. The van der Waals surface area contributed by atoms with Crippen LogP contribution in [0.1, 0.15) is 77.0 Å². The fourth-order valence-corrected chi connectivity index (χ4v) is 6.17. The fourth-order valence-electron chi connectivity index (χ4n) is 6.17. The van der Waals surface area contributed by atoms with E-state index in [0.717, 1.165) is 87.3 Å². The minimum atomic E-state index is 0.102. The molecule has 1 amide bonds. The highest BCUT2D eigenvalue weighted by Gasteiger charge is 2.28. The summed E-state index contributed by atoms with van der Waals surface area (Å²) >= 11 is 0. The summed E-state index contributed by atoms with van der Waals surface area (Å²) in [5.41, 5.74) is 1.91. The molecule has 0 aliphatic carbocycles. The Bertz CT molecular complexity index is 965. The van der Waals surface area contributed by atoms with Crippen LogP contribution in [-0.2, 0) is 17.8 Å². The van der Waals surface area contributed by atoms with Crippen molar-refractivity contribution in [3.05, 3.63) is 12.2 Å². The fraction of sp³-hybridized carbons (Fsp3) is 0.769. The average molecular weight is 468 g/mol. The lowest BCUT2D eigenvalue weighted by Crippen LogP contribution is -2.42. The van der Waals surface area contributed by atoms with Crippen LogP contribution in [0.5, 0.6) is 0 Å². The lowest BCUT2D eigenvalue weighted by Gasteiger charge is -2.35. The number of carbonyl (C=O) groups is 1. The number of aryl methyl sites for hydroxylation is 2. The van der Waals surface area contributed by atoms with Gasteiger partial charge in [-0.05, 0) is 57.9 Å². The van der Waals surface area contributed by atoms with Crippen molar-refractivity contribution in [3.63, 3.8) is 0 Å². The number of amides is 1. The molecule has 186 valence electrons. The molecule has 1 N–H and O–H groups in total. The summed E-state index contributed by atoms with van der Waals surface area (Å²) in [5, 5.41) is 3.22. The maximum atomic E-state index is 12.8. The van der Waals surface area contributed by atoms with Gasteiger partial charge < -0.3 is 19.7 Å². The topological polar surface area (TPSA) is 79.2 Å². The lowest BCUT2D eigenvalue weighted by molar-refractivity contribution is -0.125. The molecule has 2 fully saturated rings. The van der Waals surface area contributed by atoms with E-state index in [1.807, 2.05) is 0 Å². The molecule has 8 heteroatoms. The number of hydrogen-bond donors (Lipinski definition) is 1. The standard InChI is InChI=1S/C26H41N7O/c1-2-21-9-5-7-14-31(21)15-8-13-27-26(34)20-11-17-32(18-12-20)24-23-25(29-19-28-24)33-16-6-3-4-10-22(33)30-23/h19-21H,2-18H2,1H3,(H,27,34)/t21-/m0/s1. The van der Waals surface area contributed by atoms with E-state index >= 15 is 0 Å². The Kier molecular flexibility index (Phi) is 7.62. The number of hydrogen-bond acceptors (Lipinski definition) is 6. The summed E-state index contributed by atoms with van der Waals surface area (Å²) < 4.78 is 2.29. The van der Waals surface area contributed by atoms with Gasteiger partial charge in [0.05, 0.1) is 0 Å². The van der Waals surface area contributed by atoms with E-state index in [2.05, 4.69) is 36.6 Å². The third kappa shape index (κ3) is 5.07. The van der Waals surface area contributed by atoms with Gasteiger partial charge >= 0.3 is 0 Å². The predicted molar refractivity (Wildman–Crippen MR) is 135 cm³/mol. The van der Waals surface area contributed by atoms with Crippen molar-refractivity contribution in [2.75, 3.05) is 37.6 Å². The Hall–Kier alpha value is -2.22. The number of nitrogens with one attached hydrogen (secondary N) is 1. The molecule has 2 aromatic heterocycles. The highest BCUT2D eigenvalue weighted by molar-refractivity contribution is 5.84. The van der Waals surface area contributed by atoms with E-state index < -0.39 is 0 Å². The van der Waals surface area contributed by atoms with Gasteiger partial charge in [0.15, 0.2) is 17.0 Å². The van der Waals surface area contributed by atoms with Crippen molar-refractivity contribution in [1.82, 2.24) is 29.7 Å². The van der Waals surface area contributed by atoms with E-state index in [4.69, 9.17) is 4.98 Å².